The summed E-state index contributed by atoms with van der Waals surface area (Å²) in [6.45, 7) is 0.513. The number of hydrogen-bond acceptors (Lipinski definition) is 2. The van der Waals surface area contributed by atoms with Crippen LogP contribution in [0.15, 0.2) is 30.3 Å². The Morgan fingerprint density at radius 2 is 1.89 bits per heavy atom. The summed E-state index contributed by atoms with van der Waals surface area (Å²) in [7, 11) is 0. The third-order valence-corrected chi connectivity index (χ3v) is 4.22. The Labute approximate surface area is 117 Å². The first-order valence-electron chi connectivity index (χ1n) is 6.22. The second-order valence-electron chi connectivity index (χ2n) is 5.68. The highest BCUT2D eigenvalue weighted by Gasteiger charge is 2.73. The van der Waals surface area contributed by atoms with Crippen LogP contribution in [-0.2, 0) is 11.3 Å². The molecular formula is C14H17ClFNO2. The van der Waals surface area contributed by atoms with Crippen molar-refractivity contribution in [2.24, 2.45) is 5.41 Å². The lowest BCUT2D eigenvalue weighted by Crippen LogP contribution is -2.73. The second-order valence-corrected chi connectivity index (χ2v) is 5.68. The van der Waals surface area contributed by atoms with Crippen LogP contribution in [0.5, 0.6) is 0 Å². The number of hydrogen-bond donors (Lipinski definition) is 2. The predicted molar refractivity (Wildman–Crippen MR) is 72.1 cm³/mol. The van der Waals surface area contributed by atoms with Gasteiger partial charge >= 0.3 is 5.97 Å². The number of nitrogens with one attached hydrogen (secondary N) is 1. The number of rotatable bonds is 5. The van der Waals surface area contributed by atoms with Gasteiger partial charge in [0.05, 0.1) is 0 Å². The van der Waals surface area contributed by atoms with E-state index in [4.69, 9.17) is 0 Å². The first-order valence-corrected chi connectivity index (χ1v) is 6.22. The van der Waals surface area contributed by atoms with Crippen LogP contribution in [0.2, 0.25) is 0 Å². The summed E-state index contributed by atoms with van der Waals surface area (Å²) >= 11 is 0. The molecule has 0 aliphatic heterocycles. The Kier molecular flexibility index (Phi) is 3.58. The van der Waals surface area contributed by atoms with Crippen LogP contribution in [0.1, 0.15) is 24.8 Å². The zero-order chi connectivity index (χ0) is 12.8. The van der Waals surface area contributed by atoms with Gasteiger partial charge in [-0.3, -0.25) is 10.1 Å². The number of aliphatic carboxylic acids is 1. The molecule has 0 unspecified atom stereocenters. The maximum atomic E-state index is 13.5. The zero-order valence-electron chi connectivity index (χ0n) is 10.4. The molecule has 104 valence electrons. The van der Waals surface area contributed by atoms with Crippen LogP contribution < -0.4 is 5.32 Å². The predicted octanol–water partition coefficient (Wildman–Crippen LogP) is 2.54. The van der Waals surface area contributed by atoms with Crippen molar-refractivity contribution >= 4 is 18.4 Å². The average Bonchev–Trinajstić information content (AvgIpc) is 2.26. The van der Waals surface area contributed by atoms with Gasteiger partial charge in [-0.15, -0.1) is 12.4 Å². The molecular weight excluding hydrogens is 269 g/mol. The molecule has 2 bridgehead atoms. The quantitative estimate of drug-likeness (QED) is 0.874. The summed E-state index contributed by atoms with van der Waals surface area (Å²) in [4.78, 5) is 11.3. The van der Waals surface area contributed by atoms with Crippen LogP contribution in [-0.4, -0.2) is 22.8 Å². The molecule has 3 nitrogen and oxygen atoms in total. The van der Waals surface area contributed by atoms with Gasteiger partial charge < -0.3 is 5.11 Å². The standard InChI is InChI=1S/C14H16FNO2.ClH/c15-14-7-13(8-14,9-14)11(12(17)18)16-6-10-4-2-1-3-5-10;/h1-5,11,16H,6-9H2,(H,17,18);1H/t11-,13?,14?;/m1./s1. The van der Waals surface area contributed by atoms with E-state index in [2.05, 4.69) is 5.32 Å². The molecule has 1 atom stereocenters. The molecule has 3 fully saturated rings. The molecule has 0 radical (unpaired) electrons. The highest BCUT2D eigenvalue weighted by molar-refractivity contribution is 5.85. The van der Waals surface area contributed by atoms with E-state index < -0.39 is 17.7 Å². The molecule has 0 heterocycles. The monoisotopic (exact) mass is 285 g/mol. The smallest absolute Gasteiger partial charge is 0.321 e. The number of carboxylic acid groups (broad SMARTS) is 1. The Morgan fingerprint density at radius 1 is 1.32 bits per heavy atom. The molecule has 3 aliphatic rings. The summed E-state index contributed by atoms with van der Waals surface area (Å²) in [5, 5.41) is 12.3. The average molecular weight is 286 g/mol. The Bertz CT molecular complexity index is 460. The van der Waals surface area contributed by atoms with Crippen molar-refractivity contribution in [2.45, 2.75) is 37.5 Å². The molecule has 3 saturated carbocycles. The summed E-state index contributed by atoms with van der Waals surface area (Å²) < 4.78 is 13.5. The van der Waals surface area contributed by atoms with Gasteiger partial charge in [0, 0.05) is 12.0 Å². The minimum Gasteiger partial charge on any atom is -0.480 e. The third kappa shape index (κ3) is 2.35. The SMILES string of the molecule is Cl.O=C(O)[C@@H](NCc1ccccc1)C12CC(F)(C1)C2. The van der Waals surface area contributed by atoms with Crippen molar-refractivity contribution in [3.63, 3.8) is 0 Å². The summed E-state index contributed by atoms with van der Waals surface area (Å²) in [5.41, 5.74) is -0.345. The van der Waals surface area contributed by atoms with E-state index in [9.17, 15) is 14.3 Å². The summed E-state index contributed by atoms with van der Waals surface area (Å²) in [6.07, 6.45) is 1.20. The van der Waals surface area contributed by atoms with Gasteiger partial charge in [0.15, 0.2) is 0 Å². The van der Waals surface area contributed by atoms with Gasteiger partial charge in [0.2, 0.25) is 0 Å². The van der Waals surface area contributed by atoms with Gasteiger partial charge in [0.25, 0.3) is 0 Å². The summed E-state index contributed by atoms with van der Waals surface area (Å²) in [6, 6.07) is 9.03. The highest BCUT2D eigenvalue weighted by Crippen LogP contribution is 2.70. The van der Waals surface area contributed by atoms with Crippen LogP contribution >= 0.6 is 12.4 Å². The zero-order valence-corrected chi connectivity index (χ0v) is 11.3. The van der Waals surface area contributed by atoms with Crippen LogP contribution in [0.3, 0.4) is 0 Å². The minimum atomic E-state index is -1.05. The molecule has 0 aromatic heterocycles. The molecule has 3 aliphatic carbocycles. The molecule has 1 aromatic carbocycles. The number of carboxylic acids is 1. The molecule has 19 heavy (non-hydrogen) atoms. The Morgan fingerprint density at radius 3 is 2.37 bits per heavy atom. The van der Waals surface area contributed by atoms with Gasteiger partial charge in [-0.2, -0.15) is 0 Å². The van der Waals surface area contributed by atoms with Crippen molar-refractivity contribution in [2.75, 3.05) is 0 Å². The second kappa shape index (κ2) is 4.76. The van der Waals surface area contributed by atoms with Gasteiger partial charge in [-0.1, -0.05) is 30.3 Å². The van der Waals surface area contributed by atoms with Crippen LogP contribution in [0.4, 0.5) is 4.39 Å². The van der Waals surface area contributed by atoms with Gasteiger partial charge in [0.1, 0.15) is 11.7 Å². The first-order chi connectivity index (χ1) is 8.53. The number of benzene rings is 1. The lowest BCUT2D eigenvalue weighted by molar-refractivity contribution is -0.231. The molecule has 5 heteroatoms. The number of carbonyl (C=O) groups is 1. The molecule has 0 saturated heterocycles. The maximum Gasteiger partial charge on any atom is 0.321 e. The first kappa shape index (κ1) is 14.3. The van der Waals surface area contributed by atoms with E-state index in [1.165, 1.54) is 0 Å². The summed E-state index contributed by atoms with van der Waals surface area (Å²) in [5.74, 6) is -0.868. The van der Waals surface area contributed by atoms with E-state index in [-0.39, 0.29) is 17.8 Å². The molecule has 2 N–H and O–H groups in total. The van der Waals surface area contributed by atoms with Crippen molar-refractivity contribution < 1.29 is 14.3 Å². The molecule has 0 spiro atoms. The van der Waals surface area contributed by atoms with Crippen molar-refractivity contribution in [3.8, 4) is 0 Å². The lowest BCUT2D eigenvalue weighted by atomic mass is 9.40. The van der Waals surface area contributed by atoms with E-state index in [1.807, 2.05) is 30.3 Å². The van der Waals surface area contributed by atoms with Crippen molar-refractivity contribution in [3.05, 3.63) is 35.9 Å². The van der Waals surface area contributed by atoms with E-state index >= 15 is 0 Å². The highest BCUT2D eigenvalue weighted by atomic mass is 35.5. The Hall–Kier alpha value is -1.13. The minimum absolute atomic E-state index is 0. The fourth-order valence-corrected chi connectivity index (χ4v) is 3.43. The van der Waals surface area contributed by atoms with Crippen LogP contribution in [0, 0.1) is 5.41 Å². The fourth-order valence-electron chi connectivity index (χ4n) is 3.43. The number of halogens is 2. The fraction of sp³-hybridized carbons (Fsp3) is 0.500. The van der Waals surface area contributed by atoms with Crippen LogP contribution in [0.25, 0.3) is 0 Å². The van der Waals surface area contributed by atoms with Crippen molar-refractivity contribution in [1.29, 1.82) is 0 Å². The molecule has 0 amide bonds. The maximum absolute atomic E-state index is 13.5. The van der Waals surface area contributed by atoms with Crippen molar-refractivity contribution in [1.82, 2.24) is 5.32 Å². The third-order valence-electron chi connectivity index (χ3n) is 4.22. The van der Waals surface area contributed by atoms with Gasteiger partial charge in [-0.05, 0) is 24.8 Å². The molecule has 1 aromatic rings. The topological polar surface area (TPSA) is 49.3 Å². The van der Waals surface area contributed by atoms with E-state index in [0.717, 1.165) is 5.56 Å². The Balaban J connectivity index is 0.00000133. The van der Waals surface area contributed by atoms with E-state index in [1.54, 1.807) is 0 Å². The number of alkyl halides is 1. The largest absolute Gasteiger partial charge is 0.480 e. The lowest BCUT2D eigenvalue weighted by Gasteiger charge is -2.67. The van der Waals surface area contributed by atoms with E-state index in [0.29, 0.717) is 25.8 Å². The normalized spacial score (nSPS) is 32.5. The van der Waals surface area contributed by atoms with Gasteiger partial charge in [-0.25, -0.2) is 4.39 Å². The molecule has 4 rings (SSSR count).